The minimum atomic E-state index is -3.89. The zero-order valence-corrected chi connectivity index (χ0v) is 17.9. The van der Waals surface area contributed by atoms with Crippen LogP contribution in [0.2, 0.25) is 0 Å². The fraction of sp³-hybridized carbons (Fsp3) is 0.105. The number of amides is 1. The molecule has 0 bridgehead atoms. The van der Waals surface area contributed by atoms with Crippen molar-refractivity contribution in [1.82, 2.24) is 9.97 Å². The van der Waals surface area contributed by atoms with Crippen LogP contribution in [0.25, 0.3) is 0 Å². The second kappa shape index (κ2) is 8.18. The van der Waals surface area contributed by atoms with Crippen LogP contribution in [-0.2, 0) is 10.0 Å². The Balaban J connectivity index is 1.77. The number of nitrogens with one attached hydrogen (secondary N) is 2. The number of rotatable bonds is 5. The van der Waals surface area contributed by atoms with Gasteiger partial charge in [-0.05, 0) is 62.4 Å². The number of aromatic hydroxyl groups is 1. The average Bonchev–Trinajstić information content (AvgIpc) is 2.63. The number of hydrogen-bond donors (Lipinski definition) is 3. The third kappa shape index (κ3) is 5.09. The molecule has 0 spiro atoms. The molecule has 0 saturated carbocycles. The molecule has 8 nitrogen and oxygen atoms in total. The molecule has 3 rings (SSSR count). The molecule has 0 unspecified atom stereocenters. The maximum absolute atomic E-state index is 12.5. The van der Waals surface area contributed by atoms with Crippen molar-refractivity contribution in [2.75, 3.05) is 10.0 Å². The number of halogens is 1. The molecule has 1 heterocycles. The Bertz CT molecular complexity index is 1160. The normalized spacial score (nSPS) is 11.1. The Labute approximate surface area is 176 Å². The van der Waals surface area contributed by atoms with Crippen molar-refractivity contribution in [3.63, 3.8) is 0 Å². The number of sulfonamides is 1. The van der Waals surface area contributed by atoms with Crippen LogP contribution in [0.3, 0.4) is 0 Å². The van der Waals surface area contributed by atoms with E-state index in [1.165, 1.54) is 36.4 Å². The number of carbonyl (C=O) groups excluding carboxylic acids is 1. The van der Waals surface area contributed by atoms with Crippen LogP contribution in [-0.4, -0.2) is 29.4 Å². The molecule has 1 aromatic heterocycles. The third-order valence-electron chi connectivity index (χ3n) is 3.83. The summed E-state index contributed by atoms with van der Waals surface area (Å²) in [5.74, 6) is -0.700. The Morgan fingerprint density at radius 1 is 1.00 bits per heavy atom. The number of aromatic nitrogens is 2. The highest BCUT2D eigenvalue weighted by Gasteiger charge is 2.17. The lowest BCUT2D eigenvalue weighted by Crippen LogP contribution is -2.16. The van der Waals surface area contributed by atoms with Crippen LogP contribution >= 0.6 is 15.9 Å². The molecule has 0 atom stereocenters. The number of phenols is 1. The molecule has 2 aromatic carbocycles. The van der Waals surface area contributed by atoms with E-state index in [2.05, 4.69) is 35.9 Å². The Morgan fingerprint density at radius 3 is 2.24 bits per heavy atom. The summed E-state index contributed by atoms with van der Waals surface area (Å²) in [6.07, 6.45) is 0. The lowest BCUT2D eigenvalue weighted by molar-refractivity contribution is 0.102. The van der Waals surface area contributed by atoms with E-state index in [1.807, 2.05) is 0 Å². The van der Waals surface area contributed by atoms with Crippen LogP contribution in [0.4, 0.5) is 11.6 Å². The van der Waals surface area contributed by atoms with Gasteiger partial charge in [-0.3, -0.25) is 4.79 Å². The summed E-state index contributed by atoms with van der Waals surface area (Å²) in [7, 11) is -3.89. The van der Waals surface area contributed by atoms with Gasteiger partial charge in [0.25, 0.3) is 15.9 Å². The number of phenolic OH excluding ortho intramolecular Hbond substituents is 1. The van der Waals surface area contributed by atoms with Gasteiger partial charge in [0.15, 0.2) is 0 Å². The van der Waals surface area contributed by atoms with Crippen LogP contribution in [0.1, 0.15) is 21.7 Å². The molecule has 1 amide bonds. The standard InChI is InChI=1S/C19H17BrN4O4S/c1-11-9-12(2)22-19(21-11)24-29(27,28)15-6-4-14(5-7-15)23-18(26)16-10-13(20)3-8-17(16)25/h3-10,25H,1-2H3,(H,23,26)(H,21,22,24). The molecule has 0 radical (unpaired) electrons. The predicted molar refractivity (Wildman–Crippen MR) is 113 cm³/mol. The number of hydrogen-bond acceptors (Lipinski definition) is 6. The summed E-state index contributed by atoms with van der Waals surface area (Å²) in [5, 5.41) is 12.4. The van der Waals surface area contributed by atoms with E-state index in [1.54, 1.807) is 26.0 Å². The molecule has 150 valence electrons. The maximum Gasteiger partial charge on any atom is 0.264 e. The molecular weight excluding hydrogens is 460 g/mol. The molecule has 0 aliphatic heterocycles. The first kappa shape index (κ1) is 20.7. The van der Waals surface area contributed by atoms with Gasteiger partial charge in [0, 0.05) is 21.5 Å². The SMILES string of the molecule is Cc1cc(C)nc(NS(=O)(=O)c2ccc(NC(=O)c3cc(Br)ccc3O)cc2)n1. The van der Waals surface area contributed by atoms with Gasteiger partial charge in [0.1, 0.15) is 5.75 Å². The Hall–Kier alpha value is -2.98. The van der Waals surface area contributed by atoms with E-state index in [0.29, 0.717) is 21.5 Å². The van der Waals surface area contributed by atoms with Crippen molar-refractivity contribution in [3.05, 3.63) is 70.0 Å². The quantitative estimate of drug-likeness (QED) is 0.516. The van der Waals surface area contributed by atoms with Gasteiger partial charge in [-0.25, -0.2) is 23.1 Å². The van der Waals surface area contributed by atoms with E-state index < -0.39 is 15.9 Å². The van der Waals surface area contributed by atoms with Crippen molar-refractivity contribution in [3.8, 4) is 5.75 Å². The lowest BCUT2D eigenvalue weighted by atomic mass is 10.2. The van der Waals surface area contributed by atoms with Gasteiger partial charge in [-0.15, -0.1) is 0 Å². The second-order valence-electron chi connectivity index (χ2n) is 6.22. The van der Waals surface area contributed by atoms with E-state index >= 15 is 0 Å². The van der Waals surface area contributed by atoms with Crippen molar-refractivity contribution in [2.24, 2.45) is 0 Å². The first-order valence-corrected chi connectivity index (χ1v) is 10.7. The van der Waals surface area contributed by atoms with E-state index in [4.69, 9.17) is 0 Å². The van der Waals surface area contributed by atoms with Crippen molar-refractivity contribution in [1.29, 1.82) is 0 Å². The van der Waals surface area contributed by atoms with Gasteiger partial charge >= 0.3 is 0 Å². The summed E-state index contributed by atoms with van der Waals surface area (Å²) in [4.78, 5) is 20.5. The van der Waals surface area contributed by atoms with Gasteiger partial charge in [0.05, 0.1) is 10.5 Å². The minimum Gasteiger partial charge on any atom is -0.507 e. The molecule has 29 heavy (non-hydrogen) atoms. The summed E-state index contributed by atoms with van der Waals surface area (Å²) < 4.78 is 28.1. The van der Waals surface area contributed by atoms with E-state index in [-0.39, 0.29) is 22.2 Å². The Morgan fingerprint density at radius 2 is 1.62 bits per heavy atom. The van der Waals surface area contributed by atoms with E-state index in [0.717, 1.165) is 0 Å². The molecule has 0 aliphatic carbocycles. The van der Waals surface area contributed by atoms with Crippen molar-refractivity contribution in [2.45, 2.75) is 18.7 Å². The van der Waals surface area contributed by atoms with Gasteiger partial charge < -0.3 is 10.4 Å². The second-order valence-corrected chi connectivity index (χ2v) is 8.82. The predicted octanol–water partition coefficient (Wildman–Crippen LogP) is 3.61. The van der Waals surface area contributed by atoms with Gasteiger partial charge in [-0.1, -0.05) is 15.9 Å². The molecule has 0 fully saturated rings. The zero-order chi connectivity index (χ0) is 21.2. The zero-order valence-electron chi connectivity index (χ0n) is 15.5. The lowest BCUT2D eigenvalue weighted by Gasteiger charge is -2.10. The first-order valence-electron chi connectivity index (χ1n) is 8.39. The molecule has 0 saturated heterocycles. The van der Waals surface area contributed by atoms with Crippen molar-refractivity contribution < 1.29 is 18.3 Å². The highest BCUT2D eigenvalue weighted by Crippen LogP contribution is 2.23. The topological polar surface area (TPSA) is 121 Å². The van der Waals surface area contributed by atoms with Crippen LogP contribution < -0.4 is 10.0 Å². The molecule has 0 aliphatic rings. The summed E-state index contributed by atoms with van der Waals surface area (Å²) >= 11 is 3.24. The Kier molecular flexibility index (Phi) is 5.85. The highest BCUT2D eigenvalue weighted by molar-refractivity contribution is 9.10. The highest BCUT2D eigenvalue weighted by atomic mass is 79.9. The third-order valence-corrected chi connectivity index (χ3v) is 5.67. The van der Waals surface area contributed by atoms with Crippen molar-refractivity contribution >= 4 is 43.5 Å². The number of carbonyl (C=O) groups is 1. The summed E-state index contributed by atoms with van der Waals surface area (Å²) in [6.45, 7) is 3.49. The molecular formula is C19H17BrN4O4S. The molecule has 3 aromatic rings. The number of benzene rings is 2. The summed E-state index contributed by atoms with van der Waals surface area (Å²) in [6, 6.07) is 11.8. The minimum absolute atomic E-state index is 0.00925. The van der Waals surface area contributed by atoms with Gasteiger partial charge in [-0.2, -0.15) is 0 Å². The van der Waals surface area contributed by atoms with Gasteiger partial charge in [0.2, 0.25) is 5.95 Å². The number of anilines is 2. The van der Waals surface area contributed by atoms with Crippen LogP contribution in [0.5, 0.6) is 5.75 Å². The maximum atomic E-state index is 12.5. The summed E-state index contributed by atoms with van der Waals surface area (Å²) in [5.41, 5.74) is 1.74. The first-order chi connectivity index (χ1) is 13.6. The largest absolute Gasteiger partial charge is 0.507 e. The molecule has 10 heteroatoms. The van der Waals surface area contributed by atoms with Crippen LogP contribution in [0.15, 0.2) is 57.9 Å². The number of aryl methyl sites for hydroxylation is 2. The fourth-order valence-electron chi connectivity index (χ4n) is 2.56. The van der Waals surface area contributed by atoms with E-state index in [9.17, 15) is 18.3 Å². The fourth-order valence-corrected chi connectivity index (χ4v) is 3.86. The average molecular weight is 477 g/mol. The smallest absolute Gasteiger partial charge is 0.264 e. The van der Waals surface area contributed by atoms with Crippen LogP contribution in [0, 0.1) is 13.8 Å². The molecule has 3 N–H and O–H groups in total. The number of nitrogens with zero attached hydrogens (tertiary/aromatic N) is 2. The monoisotopic (exact) mass is 476 g/mol.